The second kappa shape index (κ2) is 5.80. The molecule has 0 amide bonds. The van der Waals surface area contributed by atoms with E-state index >= 15 is 0 Å². The van der Waals surface area contributed by atoms with Crippen molar-refractivity contribution in [3.63, 3.8) is 0 Å². The van der Waals surface area contributed by atoms with Gasteiger partial charge in [0.05, 0.1) is 6.10 Å². The zero-order valence-electron chi connectivity index (χ0n) is 15.8. The van der Waals surface area contributed by atoms with Crippen molar-refractivity contribution >= 4 is 11.8 Å². The van der Waals surface area contributed by atoms with Gasteiger partial charge in [0.25, 0.3) is 0 Å². The molecule has 0 radical (unpaired) electrons. The van der Waals surface area contributed by atoms with Crippen LogP contribution >= 0.6 is 0 Å². The molecular weight excluding hydrogens is 316 g/mol. The molecule has 4 aliphatic carbocycles. The molecule has 140 valence electrons. The first-order valence-electron chi connectivity index (χ1n) is 10.1. The van der Waals surface area contributed by atoms with Gasteiger partial charge in [0.15, 0.2) is 0 Å². The summed E-state index contributed by atoms with van der Waals surface area (Å²) in [7, 11) is 0. The smallest absolute Gasteiger partial charge is 0.302 e. The van der Waals surface area contributed by atoms with E-state index in [9.17, 15) is 14.7 Å². The first kappa shape index (κ1) is 17.5. The highest BCUT2D eigenvalue weighted by atomic mass is 16.5. The Labute approximate surface area is 150 Å². The van der Waals surface area contributed by atoms with Gasteiger partial charge in [0.1, 0.15) is 11.9 Å². The highest BCUT2D eigenvalue weighted by molar-refractivity contribution is 5.79. The molecule has 0 heterocycles. The molecule has 0 bridgehead atoms. The van der Waals surface area contributed by atoms with Crippen molar-refractivity contribution in [2.24, 2.45) is 34.5 Å². The van der Waals surface area contributed by atoms with Crippen LogP contribution in [-0.4, -0.2) is 29.1 Å². The zero-order valence-corrected chi connectivity index (χ0v) is 15.8. The number of esters is 1. The van der Waals surface area contributed by atoms with Crippen LogP contribution in [0.15, 0.2) is 0 Å². The summed E-state index contributed by atoms with van der Waals surface area (Å²) in [5.41, 5.74) is 0.150. The Kier molecular flexibility index (Phi) is 4.06. The first-order chi connectivity index (χ1) is 11.8. The van der Waals surface area contributed by atoms with Gasteiger partial charge < -0.3 is 9.84 Å². The molecule has 0 unspecified atom stereocenters. The summed E-state index contributed by atoms with van der Waals surface area (Å²) in [5, 5.41) is 10.9. The number of carbonyl (C=O) groups is 2. The van der Waals surface area contributed by atoms with E-state index in [0.29, 0.717) is 36.4 Å². The number of ether oxygens (including phenoxy) is 1. The van der Waals surface area contributed by atoms with E-state index in [-0.39, 0.29) is 34.9 Å². The van der Waals surface area contributed by atoms with Crippen molar-refractivity contribution in [1.29, 1.82) is 0 Å². The maximum Gasteiger partial charge on any atom is 0.302 e. The lowest BCUT2D eigenvalue weighted by Gasteiger charge is -2.61. The Hall–Kier alpha value is -0.900. The topological polar surface area (TPSA) is 63.6 Å². The predicted molar refractivity (Wildman–Crippen MR) is 93.7 cm³/mol. The second-order valence-corrected chi connectivity index (χ2v) is 9.75. The van der Waals surface area contributed by atoms with E-state index in [1.165, 1.54) is 6.92 Å². The average molecular weight is 348 g/mol. The van der Waals surface area contributed by atoms with Crippen LogP contribution in [0.3, 0.4) is 0 Å². The molecule has 0 aromatic heterocycles. The fourth-order valence-electron chi connectivity index (χ4n) is 7.43. The monoisotopic (exact) mass is 348 g/mol. The SMILES string of the molecule is CC(=O)O[C@H]1CC[C@H]2[C@@H]3C[C@@H](O)[C@H]4CC(=O)CC[C@]4(C)[C@H]3CC[C@]12C. The minimum absolute atomic E-state index is 0.0338. The molecule has 4 saturated carbocycles. The summed E-state index contributed by atoms with van der Waals surface area (Å²) in [6, 6.07) is 0. The van der Waals surface area contributed by atoms with Crippen molar-refractivity contribution < 1.29 is 19.4 Å². The molecule has 8 atom stereocenters. The van der Waals surface area contributed by atoms with E-state index in [1.54, 1.807) is 0 Å². The number of rotatable bonds is 1. The predicted octanol–water partition coefficient (Wildman–Crippen LogP) is 3.50. The molecule has 4 fully saturated rings. The second-order valence-electron chi connectivity index (χ2n) is 9.75. The number of Topliss-reactive ketones (excluding diaryl/α,β-unsaturated/α-hetero) is 1. The molecule has 0 saturated heterocycles. The molecule has 4 nitrogen and oxygen atoms in total. The van der Waals surface area contributed by atoms with E-state index in [0.717, 1.165) is 38.5 Å². The third-order valence-electron chi connectivity index (χ3n) is 8.72. The van der Waals surface area contributed by atoms with Crippen LogP contribution in [-0.2, 0) is 14.3 Å². The first-order valence-corrected chi connectivity index (χ1v) is 10.1. The normalized spacial score (nSPS) is 52.1. The van der Waals surface area contributed by atoms with Crippen molar-refractivity contribution in [3.8, 4) is 0 Å². The van der Waals surface area contributed by atoms with Crippen LogP contribution in [0.2, 0.25) is 0 Å². The lowest BCUT2D eigenvalue weighted by Crippen LogP contribution is -2.58. The summed E-state index contributed by atoms with van der Waals surface area (Å²) in [6.45, 7) is 6.16. The molecule has 4 rings (SSSR count). The van der Waals surface area contributed by atoms with Gasteiger partial charge in [-0.3, -0.25) is 9.59 Å². The molecule has 0 aromatic rings. The number of hydrogen-bond donors (Lipinski definition) is 1. The van der Waals surface area contributed by atoms with E-state index < -0.39 is 0 Å². The van der Waals surface area contributed by atoms with Crippen molar-refractivity contribution in [2.75, 3.05) is 0 Å². The molecule has 4 aliphatic rings. The van der Waals surface area contributed by atoms with Crippen LogP contribution in [0.1, 0.15) is 72.1 Å². The third kappa shape index (κ3) is 2.50. The van der Waals surface area contributed by atoms with Crippen LogP contribution < -0.4 is 0 Å². The summed E-state index contributed by atoms with van der Waals surface area (Å²) >= 11 is 0. The van der Waals surface area contributed by atoms with Gasteiger partial charge >= 0.3 is 5.97 Å². The van der Waals surface area contributed by atoms with E-state index in [4.69, 9.17) is 4.74 Å². The summed E-state index contributed by atoms with van der Waals surface area (Å²) < 4.78 is 5.69. The minimum atomic E-state index is -0.356. The molecule has 0 spiro atoms. The Morgan fingerprint density at radius 2 is 1.80 bits per heavy atom. The Morgan fingerprint density at radius 3 is 2.52 bits per heavy atom. The summed E-state index contributed by atoms with van der Waals surface area (Å²) in [4.78, 5) is 23.5. The van der Waals surface area contributed by atoms with Crippen molar-refractivity contribution in [1.82, 2.24) is 0 Å². The number of carbonyl (C=O) groups excluding carboxylic acids is 2. The van der Waals surface area contributed by atoms with E-state index in [2.05, 4.69) is 13.8 Å². The van der Waals surface area contributed by atoms with Crippen LogP contribution in [0, 0.1) is 34.5 Å². The maximum absolute atomic E-state index is 12.0. The van der Waals surface area contributed by atoms with Gasteiger partial charge in [0, 0.05) is 25.2 Å². The molecule has 25 heavy (non-hydrogen) atoms. The van der Waals surface area contributed by atoms with Gasteiger partial charge in [0.2, 0.25) is 0 Å². The number of fused-ring (bicyclic) bond motifs is 5. The van der Waals surface area contributed by atoms with Crippen LogP contribution in [0.25, 0.3) is 0 Å². The highest BCUT2D eigenvalue weighted by Crippen LogP contribution is 2.66. The van der Waals surface area contributed by atoms with E-state index in [1.807, 2.05) is 0 Å². The fraction of sp³-hybridized carbons (Fsp3) is 0.905. The maximum atomic E-state index is 12.0. The zero-order chi connectivity index (χ0) is 18.0. The Bertz CT molecular complexity index is 586. The van der Waals surface area contributed by atoms with Gasteiger partial charge in [-0.25, -0.2) is 0 Å². The quantitative estimate of drug-likeness (QED) is 0.737. The Morgan fingerprint density at radius 1 is 1.08 bits per heavy atom. The van der Waals surface area contributed by atoms with Gasteiger partial charge in [-0.1, -0.05) is 13.8 Å². The molecule has 0 aromatic carbocycles. The van der Waals surface area contributed by atoms with Gasteiger partial charge in [-0.15, -0.1) is 0 Å². The summed E-state index contributed by atoms with van der Waals surface area (Å²) in [5.74, 6) is 1.93. The van der Waals surface area contributed by atoms with Crippen LogP contribution in [0.4, 0.5) is 0 Å². The lowest BCUT2D eigenvalue weighted by atomic mass is 9.44. The van der Waals surface area contributed by atoms with Gasteiger partial charge in [-0.2, -0.15) is 0 Å². The highest BCUT2D eigenvalue weighted by Gasteiger charge is 2.62. The van der Waals surface area contributed by atoms with Crippen LogP contribution in [0.5, 0.6) is 0 Å². The summed E-state index contributed by atoms with van der Waals surface area (Å²) in [6.07, 6.45) is 6.99. The third-order valence-corrected chi connectivity index (χ3v) is 8.72. The van der Waals surface area contributed by atoms with Crippen molar-refractivity contribution in [3.05, 3.63) is 0 Å². The molecule has 0 aliphatic heterocycles. The average Bonchev–Trinajstić information content (AvgIpc) is 2.86. The number of aliphatic hydroxyl groups excluding tert-OH is 1. The molecule has 1 N–H and O–H groups in total. The standard InChI is InChI=1S/C21H32O4/c1-12(22)25-19-5-4-15-14-11-18(24)17-10-13(23)6-8-20(17,2)16(14)7-9-21(15,19)3/h14-19,24H,4-11H2,1-3H3/t14-,15-,16-,17+,18+,19-,20+,21-/m0/s1. The number of ketones is 1. The van der Waals surface area contributed by atoms with Gasteiger partial charge in [-0.05, 0) is 67.6 Å². The Balaban J connectivity index is 1.62. The fourth-order valence-corrected chi connectivity index (χ4v) is 7.43. The number of hydrogen-bond acceptors (Lipinski definition) is 4. The molecule has 4 heteroatoms. The lowest BCUT2D eigenvalue weighted by molar-refractivity contribution is -0.176. The molecular formula is C21H32O4. The number of aliphatic hydroxyl groups is 1. The minimum Gasteiger partial charge on any atom is -0.462 e. The largest absolute Gasteiger partial charge is 0.462 e. The van der Waals surface area contributed by atoms with Crippen molar-refractivity contribution in [2.45, 2.75) is 84.3 Å².